The zero-order chi connectivity index (χ0) is 18.4. The molecule has 1 aromatic carbocycles. The number of Topliss-reactive ketones (excluding diaryl/α,β-unsaturated/α-hetero) is 1. The summed E-state index contributed by atoms with van der Waals surface area (Å²) < 4.78 is 0. The van der Waals surface area contributed by atoms with Gasteiger partial charge >= 0.3 is 6.03 Å². The number of pyridine rings is 1. The molecule has 0 bridgehead atoms. The van der Waals surface area contributed by atoms with Gasteiger partial charge in [-0.15, -0.1) is 0 Å². The quantitative estimate of drug-likeness (QED) is 0.801. The molecule has 128 valence electrons. The third-order valence-corrected chi connectivity index (χ3v) is 3.80. The maximum absolute atomic E-state index is 11.9. The number of nitrogens with one attached hydrogen (secondary N) is 2. The summed E-state index contributed by atoms with van der Waals surface area (Å²) in [4.78, 5) is 27.7. The Bertz CT molecular complexity index is 826. The molecule has 0 fully saturated rings. The topological polar surface area (TPSA) is 94.9 Å². The number of hydrogen-bond acceptors (Lipinski definition) is 4. The molecular formula is C18H17ClN4O2. The Morgan fingerprint density at radius 2 is 1.92 bits per heavy atom. The molecule has 0 atom stereocenters. The van der Waals surface area contributed by atoms with Gasteiger partial charge in [0.1, 0.15) is 5.69 Å². The fourth-order valence-corrected chi connectivity index (χ4v) is 2.18. The highest BCUT2D eigenvalue weighted by atomic mass is 35.5. The Morgan fingerprint density at radius 3 is 2.52 bits per heavy atom. The highest BCUT2D eigenvalue weighted by molar-refractivity contribution is 6.30. The normalized spacial score (nSPS) is 10.6. The fourth-order valence-electron chi connectivity index (χ4n) is 2.02. The molecule has 0 spiro atoms. The Labute approximate surface area is 150 Å². The summed E-state index contributed by atoms with van der Waals surface area (Å²) in [5, 5.41) is 14.6. The van der Waals surface area contributed by atoms with Gasteiger partial charge in [0.2, 0.25) is 0 Å². The van der Waals surface area contributed by atoms with Crippen LogP contribution in [0.1, 0.15) is 29.9 Å². The van der Waals surface area contributed by atoms with Crippen LogP contribution in [0.25, 0.3) is 0 Å². The molecule has 0 saturated carbocycles. The van der Waals surface area contributed by atoms with Gasteiger partial charge in [0, 0.05) is 16.9 Å². The van der Waals surface area contributed by atoms with E-state index in [0.717, 1.165) is 5.56 Å². The number of carbonyl (C=O) groups is 2. The molecule has 2 N–H and O–H groups in total. The maximum Gasteiger partial charge on any atom is 0.319 e. The molecule has 0 radical (unpaired) electrons. The molecule has 2 aromatic rings. The zero-order valence-corrected chi connectivity index (χ0v) is 14.6. The highest BCUT2D eigenvalue weighted by Gasteiger charge is 2.19. The number of ketones is 1. The minimum absolute atomic E-state index is 0.191. The Kier molecular flexibility index (Phi) is 5.73. The first-order chi connectivity index (χ1) is 11.8. The molecule has 1 aromatic heterocycles. The van der Waals surface area contributed by atoms with Crippen LogP contribution in [0.15, 0.2) is 42.6 Å². The van der Waals surface area contributed by atoms with Gasteiger partial charge in [-0.25, -0.2) is 4.79 Å². The largest absolute Gasteiger partial charge is 0.330 e. The van der Waals surface area contributed by atoms with Gasteiger partial charge in [0.25, 0.3) is 0 Å². The third kappa shape index (κ3) is 5.03. The number of urea groups is 1. The minimum atomic E-state index is -0.600. The molecular weight excluding hydrogens is 340 g/mol. The van der Waals surface area contributed by atoms with E-state index < -0.39 is 11.4 Å². The number of hydrogen-bond donors (Lipinski definition) is 2. The summed E-state index contributed by atoms with van der Waals surface area (Å²) in [6.07, 6.45) is 1.43. The minimum Gasteiger partial charge on any atom is -0.330 e. The Balaban J connectivity index is 1.90. The van der Waals surface area contributed by atoms with E-state index in [2.05, 4.69) is 21.7 Å². The average Bonchev–Trinajstić information content (AvgIpc) is 2.60. The first-order valence-electron chi connectivity index (χ1n) is 7.53. The SMILES string of the molecule is CC(C)(C#N)c1ccc(NC(=O)NCC(=O)c2cc(Cl)ccn2)cc1. The van der Waals surface area contributed by atoms with Crippen molar-refractivity contribution in [3.63, 3.8) is 0 Å². The van der Waals surface area contributed by atoms with Gasteiger partial charge in [-0.2, -0.15) is 5.26 Å². The molecule has 25 heavy (non-hydrogen) atoms. The number of anilines is 1. The van der Waals surface area contributed by atoms with Crippen molar-refractivity contribution in [2.45, 2.75) is 19.3 Å². The number of aromatic nitrogens is 1. The van der Waals surface area contributed by atoms with E-state index in [1.807, 2.05) is 13.8 Å². The summed E-state index contributed by atoms with van der Waals surface area (Å²) in [7, 11) is 0. The molecule has 0 unspecified atom stereocenters. The second-order valence-corrected chi connectivity index (χ2v) is 6.34. The molecule has 6 nitrogen and oxygen atoms in total. The van der Waals surface area contributed by atoms with Crippen LogP contribution in [0.3, 0.4) is 0 Å². The third-order valence-electron chi connectivity index (χ3n) is 3.56. The molecule has 2 amide bonds. The fraction of sp³-hybridized carbons (Fsp3) is 0.222. The van der Waals surface area contributed by atoms with Crippen LogP contribution in [0, 0.1) is 11.3 Å². The van der Waals surface area contributed by atoms with E-state index in [1.54, 1.807) is 30.3 Å². The zero-order valence-electron chi connectivity index (χ0n) is 13.8. The highest BCUT2D eigenvalue weighted by Crippen LogP contribution is 2.23. The van der Waals surface area contributed by atoms with E-state index in [0.29, 0.717) is 10.7 Å². The summed E-state index contributed by atoms with van der Waals surface area (Å²) in [6.45, 7) is 3.44. The van der Waals surface area contributed by atoms with Gasteiger partial charge in [-0.1, -0.05) is 23.7 Å². The molecule has 0 saturated heterocycles. The lowest BCUT2D eigenvalue weighted by Gasteiger charge is -2.16. The van der Waals surface area contributed by atoms with Crippen molar-refractivity contribution in [1.82, 2.24) is 10.3 Å². The lowest BCUT2D eigenvalue weighted by atomic mass is 9.86. The number of benzene rings is 1. The summed E-state index contributed by atoms with van der Waals surface area (Å²) in [6, 6.07) is 11.7. The van der Waals surface area contributed by atoms with Crippen LogP contribution >= 0.6 is 11.6 Å². The second kappa shape index (κ2) is 7.77. The molecule has 0 aliphatic heterocycles. The van der Waals surface area contributed by atoms with Gasteiger partial charge in [0.15, 0.2) is 5.78 Å². The predicted octanol–water partition coefficient (Wildman–Crippen LogP) is 3.54. The lowest BCUT2D eigenvalue weighted by molar-refractivity contribution is 0.0988. The maximum atomic E-state index is 11.9. The molecule has 0 aliphatic rings. The van der Waals surface area contributed by atoms with E-state index >= 15 is 0 Å². The van der Waals surface area contributed by atoms with Gasteiger partial charge in [-0.05, 0) is 43.7 Å². The number of halogens is 1. The van der Waals surface area contributed by atoms with Crippen molar-refractivity contribution >= 4 is 29.1 Å². The number of nitriles is 1. The first-order valence-corrected chi connectivity index (χ1v) is 7.91. The average molecular weight is 357 g/mol. The second-order valence-electron chi connectivity index (χ2n) is 5.90. The number of carbonyl (C=O) groups excluding carboxylic acids is 2. The number of rotatable bonds is 5. The van der Waals surface area contributed by atoms with E-state index in [1.165, 1.54) is 12.3 Å². The van der Waals surface area contributed by atoms with Crippen molar-refractivity contribution in [2.24, 2.45) is 0 Å². The van der Waals surface area contributed by atoms with Crippen LogP contribution in [-0.2, 0) is 5.41 Å². The molecule has 2 rings (SSSR count). The van der Waals surface area contributed by atoms with Crippen LogP contribution in [0.4, 0.5) is 10.5 Å². The first kappa shape index (κ1) is 18.4. The van der Waals surface area contributed by atoms with Gasteiger partial charge in [0.05, 0.1) is 18.0 Å². The smallest absolute Gasteiger partial charge is 0.319 e. The van der Waals surface area contributed by atoms with Gasteiger partial charge in [-0.3, -0.25) is 9.78 Å². The molecule has 7 heteroatoms. The predicted molar refractivity (Wildman–Crippen MR) is 95.7 cm³/mol. The number of amides is 2. The van der Waals surface area contributed by atoms with Crippen molar-refractivity contribution in [2.75, 3.05) is 11.9 Å². The van der Waals surface area contributed by atoms with Crippen molar-refractivity contribution in [1.29, 1.82) is 5.26 Å². The van der Waals surface area contributed by atoms with Crippen molar-refractivity contribution in [3.05, 3.63) is 58.9 Å². The van der Waals surface area contributed by atoms with Crippen molar-refractivity contribution < 1.29 is 9.59 Å². The van der Waals surface area contributed by atoms with E-state index in [-0.39, 0.29) is 18.0 Å². The number of nitrogens with zero attached hydrogens (tertiary/aromatic N) is 2. The van der Waals surface area contributed by atoms with Crippen LogP contribution in [0.5, 0.6) is 0 Å². The van der Waals surface area contributed by atoms with E-state index in [4.69, 9.17) is 16.9 Å². The van der Waals surface area contributed by atoms with Crippen LogP contribution < -0.4 is 10.6 Å². The van der Waals surface area contributed by atoms with E-state index in [9.17, 15) is 9.59 Å². The monoisotopic (exact) mass is 356 g/mol. The van der Waals surface area contributed by atoms with Crippen molar-refractivity contribution in [3.8, 4) is 6.07 Å². The van der Waals surface area contributed by atoms with Gasteiger partial charge < -0.3 is 10.6 Å². The Morgan fingerprint density at radius 1 is 1.24 bits per heavy atom. The summed E-state index contributed by atoms with van der Waals surface area (Å²) in [5.41, 5.74) is 0.999. The molecule has 1 heterocycles. The summed E-state index contributed by atoms with van der Waals surface area (Å²) in [5.74, 6) is -0.344. The Hall–Kier alpha value is -2.91. The lowest BCUT2D eigenvalue weighted by Crippen LogP contribution is -2.33. The molecule has 0 aliphatic carbocycles. The van der Waals surface area contributed by atoms with Crippen LogP contribution in [0.2, 0.25) is 5.02 Å². The summed E-state index contributed by atoms with van der Waals surface area (Å²) >= 11 is 5.80. The van der Waals surface area contributed by atoms with Crippen LogP contribution in [-0.4, -0.2) is 23.3 Å². The standard InChI is InChI=1S/C18H17ClN4O2/c1-18(2,11-20)12-3-5-14(6-4-12)23-17(25)22-10-16(24)15-9-13(19)7-8-21-15/h3-9H,10H2,1-2H3,(H2,22,23,25).